The van der Waals surface area contributed by atoms with Crippen LogP contribution in [0.2, 0.25) is 0 Å². The van der Waals surface area contributed by atoms with E-state index in [0.717, 1.165) is 12.1 Å². The Balaban J connectivity index is 2.26. The molecule has 0 atom stereocenters. The molecule has 20 heavy (non-hydrogen) atoms. The molecule has 1 heterocycles. The molecule has 0 saturated heterocycles. The lowest BCUT2D eigenvalue weighted by atomic mass is 10.1. The van der Waals surface area contributed by atoms with Crippen LogP contribution in [-0.2, 0) is 11.3 Å². The molecule has 2 aromatic rings. The summed E-state index contributed by atoms with van der Waals surface area (Å²) in [6.07, 6.45) is 0. The molecule has 4 nitrogen and oxygen atoms in total. The fraction of sp³-hybridized carbons (Fsp3) is 0.438. The van der Waals surface area contributed by atoms with E-state index in [1.54, 1.807) is 7.11 Å². The first-order chi connectivity index (χ1) is 9.70. The van der Waals surface area contributed by atoms with Crippen LogP contribution in [-0.4, -0.2) is 31.3 Å². The van der Waals surface area contributed by atoms with Crippen LogP contribution < -0.4 is 10.1 Å². The van der Waals surface area contributed by atoms with E-state index in [9.17, 15) is 0 Å². The largest absolute Gasteiger partial charge is 0.475 e. The molecule has 0 aliphatic carbocycles. The summed E-state index contributed by atoms with van der Waals surface area (Å²) < 4.78 is 10.6. The summed E-state index contributed by atoms with van der Waals surface area (Å²) in [4.78, 5) is 4.53. The highest BCUT2D eigenvalue weighted by Crippen LogP contribution is 2.22. The molecule has 2 rings (SSSR count). The normalized spacial score (nSPS) is 11.2. The molecule has 1 aromatic heterocycles. The molecule has 108 valence electrons. The number of benzene rings is 1. The molecule has 0 fully saturated rings. The Kier molecular flexibility index (Phi) is 5.32. The van der Waals surface area contributed by atoms with Gasteiger partial charge in [-0.3, -0.25) is 0 Å². The summed E-state index contributed by atoms with van der Waals surface area (Å²) >= 11 is 0. The summed E-state index contributed by atoms with van der Waals surface area (Å²) in [5, 5.41) is 4.61. The van der Waals surface area contributed by atoms with Gasteiger partial charge in [-0.05, 0) is 11.6 Å². The molecule has 0 radical (unpaired) electrons. The van der Waals surface area contributed by atoms with E-state index < -0.39 is 0 Å². The standard InChI is InChI=1S/C16H22N2O2/c1-12(2)17-11-13-10-16(20-9-8-19-3)18-15-7-5-4-6-14(13)15/h4-7,10,12,17H,8-9,11H2,1-3H3. The number of pyridine rings is 1. The van der Waals surface area contributed by atoms with Gasteiger partial charge in [-0.1, -0.05) is 32.0 Å². The maximum absolute atomic E-state index is 5.64. The number of fused-ring (bicyclic) bond motifs is 1. The highest BCUT2D eigenvalue weighted by atomic mass is 16.5. The third-order valence-corrected chi connectivity index (χ3v) is 3.02. The summed E-state index contributed by atoms with van der Waals surface area (Å²) in [6, 6.07) is 10.6. The van der Waals surface area contributed by atoms with Gasteiger partial charge in [0.05, 0.1) is 12.1 Å². The maximum atomic E-state index is 5.64. The molecule has 4 heteroatoms. The van der Waals surface area contributed by atoms with Crippen molar-refractivity contribution < 1.29 is 9.47 Å². The van der Waals surface area contributed by atoms with Crippen molar-refractivity contribution in [1.29, 1.82) is 0 Å². The van der Waals surface area contributed by atoms with E-state index in [4.69, 9.17) is 9.47 Å². The van der Waals surface area contributed by atoms with E-state index in [2.05, 4.69) is 30.2 Å². The van der Waals surface area contributed by atoms with Crippen LogP contribution in [0, 0.1) is 0 Å². The second-order valence-electron chi connectivity index (χ2n) is 5.01. The Bertz CT molecular complexity index is 555. The van der Waals surface area contributed by atoms with Gasteiger partial charge in [-0.15, -0.1) is 0 Å². The monoisotopic (exact) mass is 274 g/mol. The fourth-order valence-corrected chi connectivity index (χ4v) is 1.98. The highest BCUT2D eigenvalue weighted by Gasteiger charge is 2.07. The van der Waals surface area contributed by atoms with Crippen molar-refractivity contribution in [3.8, 4) is 5.88 Å². The lowest BCUT2D eigenvalue weighted by Gasteiger charge is -2.13. The number of aromatic nitrogens is 1. The zero-order valence-corrected chi connectivity index (χ0v) is 12.3. The van der Waals surface area contributed by atoms with E-state index >= 15 is 0 Å². The Morgan fingerprint density at radius 2 is 2.00 bits per heavy atom. The Morgan fingerprint density at radius 1 is 1.20 bits per heavy atom. The van der Waals surface area contributed by atoms with Gasteiger partial charge >= 0.3 is 0 Å². The number of ether oxygens (including phenoxy) is 2. The van der Waals surface area contributed by atoms with Gasteiger partial charge in [-0.25, -0.2) is 4.98 Å². The third-order valence-electron chi connectivity index (χ3n) is 3.02. The molecule has 0 unspecified atom stereocenters. The SMILES string of the molecule is COCCOc1cc(CNC(C)C)c2ccccc2n1. The Morgan fingerprint density at radius 3 is 2.75 bits per heavy atom. The van der Waals surface area contributed by atoms with E-state index in [1.807, 2.05) is 24.3 Å². The van der Waals surface area contributed by atoms with Crippen molar-refractivity contribution in [1.82, 2.24) is 10.3 Å². The third kappa shape index (κ3) is 3.92. The molecule has 0 aliphatic rings. The number of para-hydroxylation sites is 1. The van der Waals surface area contributed by atoms with Gasteiger partial charge in [-0.2, -0.15) is 0 Å². The van der Waals surface area contributed by atoms with Crippen molar-refractivity contribution in [2.75, 3.05) is 20.3 Å². The summed E-state index contributed by atoms with van der Waals surface area (Å²) in [6.45, 7) is 6.16. The quantitative estimate of drug-likeness (QED) is 0.788. The average molecular weight is 274 g/mol. The van der Waals surface area contributed by atoms with Gasteiger partial charge in [0.2, 0.25) is 5.88 Å². The van der Waals surface area contributed by atoms with Crippen molar-refractivity contribution >= 4 is 10.9 Å². The topological polar surface area (TPSA) is 43.4 Å². The van der Waals surface area contributed by atoms with Crippen LogP contribution in [0.1, 0.15) is 19.4 Å². The first-order valence-electron chi connectivity index (χ1n) is 6.94. The summed E-state index contributed by atoms with van der Waals surface area (Å²) in [7, 11) is 1.66. The molecular formula is C16H22N2O2. The first kappa shape index (κ1) is 14.8. The van der Waals surface area contributed by atoms with Crippen LogP contribution in [0.25, 0.3) is 10.9 Å². The number of nitrogens with zero attached hydrogens (tertiary/aromatic N) is 1. The predicted octanol–water partition coefficient (Wildman–Crippen LogP) is 2.76. The lowest BCUT2D eigenvalue weighted by Crippen LogP contribution is -2.22. The zero-order chi connectivity index (χ0) is 14.4. The molecule has 0 amide bonds. The first-order valence-corrected chi connectivity index (χ1v) is 6.94. The van der Waals surface area contributed by atoms with Crippen molar-refractivity contribution in [3.05, 3.63) is 35.9 Å². The molecule has 0 bridgehead atoms. The minimum absolute atomic E-state index is 0.444. The molecule has 0 saturated carbocycles. The predicted molar refractivity (Wildman–Crippen MR) is 81.1 cm³/mol. The molecule has 0 aliphatic heterocycles. The van der Waals surface area contributed by atoms with Crippen LogP contribution in [0.4, 0.5) is 0 Å². The molecule has 1 N–H and O–H groups in total. The van der Waals surface area contributed by atoms with Crippen molar-refractivity contribution in [2.24, 2.45) is 0 Å². The van der Waals surface area contributed by atoms with Crippen molar-refractivity contribution in [2.45, 2.75) is 26.4 Å². The number of rotatable bonds is 7. The minimum atomic E-state index is 0.444. The van der Waals surface area contributed by atoms with E-state index in [1.165, 1.54) is 10.9 Å². The number of nitrogens with one attached hydrogen (secondary N) is 1. The summed E-state index contributed by atoms with van der Waals surface area (Å²) in [5.41, 5.74) is 2.17. The molecule has 1 aromatic carbocycles. The second-order valence-corrected chi connectivity index (χ2v) is 5.01. The molecular weight excluding hydrogens is 252 g/mol. The van der Waals surface area contributed by atoms with Gasteiger partial charge in [0.25, 0.3) is 0 Å². The minimum Gasteiger partial charge on any atom is -0.475 e. The maximum Gasteiger partial charge on any atom is 0.214 e. The van der Waals surface area contributed by atoms with Gasteiger partial charge in [0.15, 0.2) is 0 Å². The Labute approximate surface area is 120 Å². The summed E-state index contributed by atoms with van der Waals surface area (Å²) in [5.74, 6) is 0.654. The van der Waals surface area contributed by atoms with Crippen molar-refractivity contribution in [3.63, 3.8) is 0 Å². The van der Waals surface area contributed by atoms with E-state index in [0.29, 0.717) is 25.1 Å². The zero-order valence-electron chi connectivity index (χ0n) is 12.3. The van der Waals surface area contributed by atoms with Crippen LogP contribution in [0.3, 0.4) is 0 Å². The van der Waals surface area contributed by atoms with Gasteiger partial charge in [0.1, 0.15) is 6.61 Å². The smallest absolute Gasteiger partial charge is 0.214 e. The average Bonchev–Trinajstić information content (AvgIpc) is 2.45. The highest BCUT2D eigenvalue weighted by molar-refractivity contribution is 5.82. The van der Waals surface area contributed by atoms with Crippen LogP contribution in [0.15, 0.2) is 30.3 Å². The Hall–Kier alpha value is -1.65. The van der Waals surface area contributed by atoms with E-state index in [-0.39, 0.29) is 0 Å². The fourth-order valence-electron chi connectivity index (χ4n) is 1.98. The lowest BCUT2D eigenvalue weighted by molar-refractivity contribution is 0.144. The van der Waals surface area contributed by atoms with Crippen LogP contribution in [0.5, 0.6) is 5.88 Å². The second kappa shape index (κ2) is 7.22. The number of methoxy groups -OCH3 is 1. The number of hydrogen-bond donors (Lipinski definition) is 1. The number of hydrogen-bond acceptors (Lipinski definition) is 4. The van der Waals surface area contributed by atoms with Gasteiger partial charge in [0, 0.05) is 31.1 Å². The van der Waals surface area contributed by atoms with Gasteiger partial charge < -0.3 is 14.8 Å². The van der Waals surface area contributed by atoms with Crippen LogP contribution >= 0.6 is 0 Å². The molecule has 0 spiro atoms.